The van der Waals surface area contributed by atoms with Gasteiger partial charge in [0.2, 0.25) is 11.7 Å². The normalized spacial score (nSPS) is 14.9. The Bertz CT molecular complexity index is 755. The zero-order valence-corrected chi connectivity index (χ0v) is 13.9. The van der Waals surface area contributed by atoms with Crippen molar-refractivity contribution in [2.24, 2.45) is 5.92 Å². The number of aromatic nitrogens is 2. The van der Waals surface area contributed by atoms with E-state index in [0.717, 1.165) is 24.8 Å². The molecule has 0 bridgehead atoms. The molecule has 140 valence electrons. The van der Waals surface area contributed by atoms with Crippen molar-refractivity contribution in [3.05, 3.63) is 35.7 Å². The summed E-state index contributed by atoms with van der Waals surface area (Å²) >= 11 is 0. The molecule has 0 aliphatic heterocycles. The number of rotatable bonds is 6. The maximum atomic E-state index is 12.5. The predicted molar refractivity (Wildman–Crippen MR) is 84.6 cm³/mol. The Morgan fingerprint density at radius 2 is 1.96 bits per heavy atom. The van der Waals surface area contributed by atoms with Crippen molar-refractivity contribution >= 4 is 5.91 Å². The van der Waals surface area contributed by atoms with E-state index < -0.39 is 12.1 Å². The van der Waals surface area contributed by atoms with Crippen molar-refractivity contribution in [1.82, 2.24) is 15.0 Å². The van der Waals surface area contributed by atoms with Crippen LogP contribution in [0.15, 0.2) is 28.8 Å². The first kappa shape index (κ1) is 18.4. The van der Waals surface area contributed by atoms with Gasteiger partial charge >= 0.3 is 12.1 Å². The Morgan fingerprint density at radius 3 is 2.46 bits per heavy atom. The second kappa shape index (κ2) is 7.45. The molecular weight excluding hydrogens is 351 g/mol. The highest BCUT2D eigenvalue weighted by atomic mass is 19.4. The van der Waals surface area contributed by atoms with Crippen LogP contribution in [0.25, 0.3) is 11.4 Å². The van der Waals surface area contributed by atoms with Crippen LogP contribution in [0.5, 0.6) is 0 Å². The van der Waals surface area contributed by atoms with Crippen molar-refractivity contribution in [3.63, 3.8) is 0 Å². The van der Waals surface area contributed by atoms with Crippen LogP contribution in [0.2, 0.25) is 0 Å². The lowest BCUT2D eigenvalue weighted by molar-refractivity contribution is -0.159. The molecule has 1 heterocycles. The SMILES string of the molecule is O=C(C1CCC1)N(CCO)Cc1ccc(-c2noc(C(F)(F)F)n2)cc1. The van der Waals surface area contributed by atoms with E-state index in [0.29, 0.717) is 12.1 Å². The highest BCUT2D eigenvalue weighted by Gasteiger charge is 2.38. The standard InChI is InChI=1S/C17H18F3N3O3/c18-17(19,20)16-21-14(22-26-16)12-6-4-11(5-7-12)10-23(8-9-24)15(25)13-2-1-3-13/h4-7,13,24H,1-3,8-10H2. The van der Waals surface area contributed by atoms with Gasteiger partial charge in [0.05, 0.1) is 6.61 Å². The van der Waals surface area contributed by atoms with Gasteiger partial charge in [-0.05, 0) is 18.4 Å². The maximum Gasteiger partial charge on any atom is 0.471 e. The van der Waals surface area contributed by atoms with Gasteiger partial charge in [-0.3, -0.25) is 4.79 Å². The molecule has 2 aromatic rings. The van der Waals surface area contributed by atoms with E-state index >= 15 is 0 Å². The number of carbonyl (C=O) groups is 1. The first-order valence-electron chi connectivity index (χ1n) is 8.28. The predicted octanol–water partition coefficient (Wildman–Crippen LogP) is 2.88. The van der Waals surface area contributed by atoms with Gasteiger partial charge in [0, 0.05) is 24.6 Å². The molecule has 1 fully saturated rings. The molecule has 1 amide bonds. The average molecular weight is 369 g/mol. The number of aliphatic hydroxyl groups is 1. The molecule has 1 aromatic heterocycles. The Hall–Kier alpha value is -2.42. The van der Waals surface area contributed by atoms with E-state index in [1.54, 1.807) is 29.2 Å². The fourth-order valence-electron chi connectivity index (χ4n) is 2.74. The van der Waals surface area contributed by atoms with Crippen LogP contribution in [0.4, 0.5) is 13.2 Å². The summed E-state index contributed by atoms with van der Waals surface area (Å²) in [6.07, 6.45) is -1.89. The monoisotopic (exact) mass is 369 g/mol. The van der Waals surface area contributed by atoms with E-state index in [1.807, 2.05) is 0 Å². The van der Waals surface area contributed by atoms with Crippen LogP contribution < -0.4 is 0 Å². The summed E-state index contributed by atoms with van der Waals surface area (Å²) in [5, 5.41) is 12.5. The van der Waals surface area contributed by atoms with Crippen LogP contribution >= 0.6 is 0 Å². The number of carbonyl (C=O) groups excluding carboxylic acids is 1. The average Bonchev–Trinajstić information content (AvgIpc) is 3.03. The molecule has 9 heteroatoms. The smallest absolute Gasteiger partial charge is 0.395 e. The summed E-state index contributed by atoms with van der Waals surface area (Å²) in [5.41, 5.74) is 1.18. The van der Waals surface area contributed by atoms with E-state index in [1.165, 1.54) is 0 Å². The molecule has 0 atom stereocenters. The Kier molecular flexibility index (Phi) is 5.26. The van der Waals surface area contributed by atoms with Gasteiger partial charge in [-0.1, -0.05) is 35.8 Å². The van der Waals surface area contributed by atoms with Crippen LogP contribution in [0.1, 0.15) is 30.7 Å². The molecule has 6 nitrogen and oxygen atoms in total. The van der Waals surface area contributed by atoms with Crippen molar-refractivity contribution in [2.45, 2.75) is 32.0 Å². The molecule has 1 saturated carbocycles. The fourth-order valence-corrected chi connectivity index (χ4v) is 2.74. The molecule has 0 unspecified atom stereocenters. The number of amides is 1. The number of benzene rings is 1. The minimum Gasteiger partial charge on any atom is -0.395 e. The second-order valence-corrected chi connectivity index (χ2v) is 6.23. The van der Waals surface area contributed by atoms with E-state index in [4.69, 9.17) is 0 Å². The highest BCUT2D eigenvalue weighted by molar-refractivity contribution is 5.79. The van der Waals surface area contributed by atoms with Crippen LogP contribution in [-0.4, -0.2) is 39.2 Å². The molecule has 0 spiro atoms. The molecule has 0 saturated heterocycles. The Labute approximate surface area is 147 Å². The quantitative estimate of drug-likeness (QED) is 0.847. The van der Waals surface area contributed by atoms with Crippen molar-refractivity contribution in [1.29, 1.82) is 0 Å². The van der Waals surface area contributed by atoms with Gasteiger partial charge in [-0.15, -0.1) is 0 Å². The number of halogens is 3. The molecule has 1 aliphatic rings. The summed E-state index contributed by atoms with van der Waals surface area (Å²) in [7, 11) is 0. The lowest BCUT2D eigenvalue weighted by atomic mass is 9.84. The minimum absolute atomic E-state index is 0.0287. The molecule has 1 aliphatic carbocycles. The highest BCUT2D eigenvalue weighted by Crippen LogP contribution is 2.30. The third kappa shape index (κ3) is 4.04. The minimum atomic E-state index is -4.68. The summed E-state index contributed by atoms with van der Waals surface area (Å²) in [5.74, 6) is -1.48. The Morgan fingerprint density at radius 1 is 1.27 bits per heavy atom. The molecule has 0 radical (unpaired) electrons. The summed E-state index contributed by atoms with van der Waals surface area (Å²) in [4.78, 5) is 17.3. The first-order chi connectivity index (χ1) is 12.4. The first-order valence-corrected chi connectivity index (χ1v) is 8.28. The number of alkyl halides is 3. The zero-order chi connectivity index (χ0) is 18.7. The molecule has 1 aromatic carbocycles. The lowest BCUT2D eigenvalue weighted by Gasteiger charge is -2.31. The molecule has 1 N–H and O–H groups in total. The van der Waals surface area contributed by atoms with Gasteiger partial charge in [0.15, 0.2) is 0 Å². The summed E-state index contributed by atoms with van der Waals surface area (Å²) in [6, 6.07) is 6.53. The second-order valence-electron chi connectivity index (χ2n) is 6.23. The van der Waals surface area contributed by atoms with E-state index in [2.05, 4.69) is 14.7 Å². The van der Waals surface area contributed by atoms with Crippen molar-refractivity contribution < 1.29 is 27.6 Å². The van der Waals surface area contributed by atoms with Gasteiger partial charge in [0.25, 0.3) is 0 Å². The topological polar surface area (TPSA) is 79.5 Å². The van der Waals surface area contributed by atoms with Gasteiger partial charge < -0.3 is 14.5 Å². The van der Waals surface area contributed by atoms with Gasteiger partial charge in [0.1, 0.15) is 0 Å². The van der Waals surface area contributed by atoms with Crippen LogP contribution in [-0.2, 0) is 17.5 Å². The number of hydrogen-bond donors (Lipinski definition) is 1. The van der Waals surface area contributed by atoms with E-state index in [-0.39, 0.29) is 30.8 Å². The third-order valence-corrected chi connectivity index (χ3v) is 4.39. The zero-order valence-electron chi connectivity index (χ0n) is 13.9. The van der Waals surface area contributed by atoms with Crippen molar-refractivity contribution in [3.8, 4) is 11.4 Å². The number of hydrogen-bond acceptors (Lipinski definition) is 5. The lowest BCUT2D eigenvalue weighted by Crippen LogP contribution is -2.40. The fraction of sp³-hybridized carbons (Fsp3) is 0.471. The third-order valence-electron chi connectivity index (χ3n) is 4.39. The largest absolute Gasteiger partial charge is 0.471 e. The summed E-state index contributed by atoms with van der Waals surface area (Å²) in [6.45, 7) is 0.451. The Balaban J connectivity index is 1.70. The molecular formula is C17H18F3N3O3. The van der Waals surface area contributed by atoms with E-state index in [9.17, 15) is 23.1 Å². The maximum absolute atomic E-state index is 12.5. The summed E-state index contributed by atoms with van der Waals surface area (Å²) < 4.78 is 41.8. The molecule has 3 rings (SSSR count). The molecule has 26 heavy (non-hydrogen) atoms. The van der Waals surface area contributed by atoms with Crippen LogP contribution in [0.3, 0.4) is 0 Å². The van der Waals surface area contributed by atoms with Crippen molar-refractivity contribution in [2.75, 3.05) is 13.2 Å². The van der Waals surface area contributed by atoms with Gasteiger partial charge in [-0.2, -0.15) is 18.2 Å². The number of nitrogens with zero attached hydrogens (tertiary/aromatic N) is 3. The van der Waals surface area contributed by atoms with Gasteiger partial charge in [-0.25, -0.2) is 0 Å². The van der Waals surface area contributed by atoms with Crippen LogP contribution in [0, 0.1) is 5.92 Å². The number of aliphatic hydroxyl groups excluding tert-OH is 1.